The Morgan fingerprint density at radius 3 is 3.15 bits per heavy atom. The van der Waals surface area contributed by atoms with Crippen LogP contribution in [0.4, 0.5) is 0 Å². The molecule has 1 aliphatic heterocycles. The molecule has 2 rings (SSSR count). The third kappa shape index (κ3) is 4.15. The van der Waals surface area contributed by atoms with Crippen molar-refractivity contribution in [3.8, 4) is 0 Å². The zero-order valence-electron chi connectivity index (χ0n) is 11.9. The van der Waals surface area contributed by atoms with Gasteiger partial charge in [-0.1, -0.05) is 6.92 Å². The van der Waals surface area contributed by atoms with Gasteiger partial charge in [0.05, 0.1) is 12.3 Å². The molecular weight excluding hydrogens is 278 g/mol. The van der Waals surface area contributed by atoms with Crippen LogP contribution in [0.1, 0.15) is 31.5 Å². The predicted octanol–water partition coefficient (Wildman–Crippen LogP) is 2.08. The third-order valence-corrected chi connectivity index (χ3v) is 3.56. The number of esters is 1. The smallest absolute Gasteiger partial charge is 0.306 e. The predicted molar refractivity (Wildman–Crippen MR) is 76.4 cm³/mol. The van der Waals surface area contributed by atoms with Crippen LogP contribution < -0.4 is 0 Å². The lowest BCUT2D eigenvalue weighted by atomic mass is 10.0. The molecule has 1 aromatic heterocycles. The number of carbonyl (C=O) groups excluding carboxylic acids is 1. The van der Waals surface area contributed by atoms with Crippen LogP contribution in [-0.2, 0) is 22.5 Å². The Balaban J connectivity index is 1.86. The molecule has 0 aromatic carbocycles. The highest BCUT2D eigenvalue weighted by molar-refractivity contribution is 6.28. The van der Waals surface area contributed by atoms with E-state index in [-0.39, 0.29) is 11.9 Å². The van der Waals surface area contributed by atoms with E-state index < -0.39 is 0 Å². The van der Waals surface area contributed by atoms with Crippen LogP contribution >= 0.6 is 11.6 Å². The van der Waals surface area contributed by atoms with E-state index in [0.717, 1.165) is 37.3 Å². The number of halogens is 1. The highest BCUT2D eigenvalue weighted by Gasteiger charge is 2.20. The number of rotatable bonds is 5. The number of ether oxygens (including phenoxy) is 1. The molecule has 1 atom stereocenters. The maximum absolute atomic E-state index is 11.5. The first-order chi connectivity index (χ1) is 9.58. The number of hydrogen-bond acceptors (Lipinski definition) is 5. The van der Waals surface area contributed by atoms with Gasteiger partial charge in [0.1, 0.15) is 0 Å². The number of aromatic nitrogens is 2. The summed E-state index contributed by atoms with van der Waals surface area (Å²) >= 11 is 5.80. The first-order valence-corrected chi connectivity index (χ1v) is 7.34. The van der Waals surface area contributed by atoms with Crippen LogP contribution in [0.15, 0.2) is 6.20 Å². The molecule has 5 nitrogen and oxygen atoms in total. The van der Waals surface area contributed by atoms with Gasteiger partial charge in [-0.15, -0.1) is 0 Å². The fraction of sp³-hybridized carbons (Fsp3) is 0.643. The van der Waals surface area contributed by atoms with Gasteiger partial charge in [-0.2, -0.15) is 0 Å². The van der Waals surface area contributed by atoms with Crippen molar-refractivity contribution in [3.63, 3.8) is 0 Å². The molecule has 0 radical (unpaired) electrons. The van der Waals surface area contributed by atoms with Crippen LogP contribution in [0.25, 0.3) is 0 Å². The van der Waals surface area contributed by atoms with Gasteiger partial charge in [0.2, 0.25) is 5.28 Å². The highest BCUT2D eigenvalue weighted by atomic mass is 35.5. The van der Waals surface area contributed by atoms with Gasteiger partial charge in [0.25, 0.3) is 0 Å². The second kappa shape index (κ2) is 6.99. The molecule has 0 aliphatic carbocycles. The summed E-state index contributed by atoms with van der Waals surface area (Å²) in [5.74, 6) is 0.163. The first kappa shape index (κ1) is 15.2. The topological polar surface area (TPSA) is 55.3 Å². The summed E-state index contributed by atoms with van der Waals surface area (Å²) in [5.41, 5.74) is 2.17. The molecule has 0 spiro atoms. The largest absolute Gasteiger partial charge is 0.466 e. The van der Waals surface area contributed by atoms with Gasteiger partial charge in [0, 0.05) is 44.2 Å². The zero-order chi connectivity index (χ0) is 14.5. The fourth-order valence-corrected chi connectivity index (χ4v) is 2.67. The summed E-state index contributed by atoms with van der Waals surface area (Å²) in [7, 11) is 0. The number of hydrogen-bond donors (Lipinski definition) is 0. The molecule has 1 unspecified atom stereocenters. The van der Waals surface area contributed by atoms with E-state index in [1.165, 1.54) is 0 Å². The zero-order valence-corrected chi connectivity index (χ0v) is 12.7. The number of nitrogens with zero attached hydrogens (tertiary/aromatic N) is 3. The molecule has 110 valence electrons. The minimum atomic E-state index is -0.118. The quantitative estimate of drug-likeness (QED) is 0.615. The normalized spacial score (nSPS) is 16.6. The standard InChI is InChI=1S/C14H20ClN3O2/c1-3-20-13(19)6-10(2)8-18-5-4-12-11(9-18)7-16-14(15)17-12/h7,10H,3-6,8-9H2,1-2H3. The maximum atomic E-state index is 11.5. The lowest BCUT2D eigenvalue weighted by Crippen LogP contribution is -2.35. The minimum absolute atomic E-state index is 0.118. The van der Waals surface area contributed by atoms with Crippen LogP contribution in [0.5, 0.6) is 0 Å². The molecule has 0 bridgehead atoms. The van der Waals surface area contributed by atoms with Crippen LogP contribution in [0.2, 0.25) is 5.28 Å². The minimum Gasteiger partial charge on any atom is -0.466 e. The van der Waals surface area contributed by atoms with Crippen molar-refractivity contribution in [1.82, 2.24) is 14.9 Å². The lowest BCUT2D eigenvalue weighted by molar-refractivity contribution is -0.144. The Morgan fingerprint density at radius 2 is 2.40 bits per heavy atom. The van der Waals surface area contributed by atoms with Crippen molar-refractivity contribution >= 4 is 17.6 Å². The molecule has 6 heteroatoms. The van der Waals surface area contributed by atoms with Crippen molar-refractivity contribution < 1.29 is 9.53 Å². The Morgan fingerprint density at radius 1 is 1.60 bits per heavy atom. The average Bonchev–Trinajstić information content (AvgIpc) is 2.39. The molecule has 0 saturated heterocycles. The van der Waals surface area contributed by atoms with E-state index >= 15 is 0 Å². The summed E-state index contributed by atoms with van der Waals surface area (Å²) in [5, 5.41) is 0.313. The highest BCUT2D eigenvalue weighted by Crippen LogP contribution is 2.19. The fourth-order valence-electron chi connectivity index (χ4n) is 2.52. The maximum Gasteiger partial charge on any atom is 0.306 e. The molecule has 0 saturated carbocycles. The van der Waals surface area contributed by atoms with Crippen molar-refractivity contribution in [2.45, 2.75) is 33.2 Å². The second-order valence-electron chi connectivity index (χ2n) is 5.21. The van der Waals surface area contributed by atoms with Crippen molar-refractivity contribution in [1.29, 1.82) is 0 Å². The summed E-state index contributed by atoms with van der Waals surface area (Å²) < 4.78 is 4.98. The molecule has 0 amide bonds. The first-order valence-electron chi connectivity index (χ1n) is 6.96. The Kier molecular flexibility index (Phi) is 5.31. The van der Waals surface area contributed by atoms with Gasteiger partial charge in [0.15, 0.2) is 0 Å². The molecule has 2 heterocycles. The SMILES string of the molecule is CCOC(=O)CC(C)CN1CCc2nc(Cl)ncc2C1. The molecule has 0 fully saturated rings. The summed E-state index contributed by atoms with van der Waals surface area (Å²) in [6.07, 6.45) is 3.14. The van der Waals surface area contributed by atoms with E-state index in [9.17, 15) is 4.79 Å². The van der Waals surface area contributed by atoms with Crippen LogP contribution in [-0.4, -0.2) is 40.5 Å². The van der Waals surface area contributed by atoms with Gasteiger partial charge >= 0.3 is 5.97 Å². The summed E-state index contributed by atoms with van der Waals surface area (Å²) in [6.45, 7) is 6.98. The van der Waals surface area contributed by atoms with E-state index in [4.69, 9.17) is 16.3 Å². The number of fused-ring (bicyclic) bond motifs is 1. The summed E-state index contributed by atoms with van der Waals surface area (Å²) in [4.78, 5) is 22.1. The Labute approximate surface area is 124 Å². The molecule has 1 aliphatic rings. The third-order valence-electron chi connectivity index (χ3n) is 3.37. The van der Waals surface area contributed by atoms with E-state index in [1.807, 2.05) is 6.92 Å². The van der Waals surface area contributed by atoms with Crippen molar-refractivity contribution in [3.05, 3.63) is 22.7 Å². The molecular formula is C14H20ClN3O2. The Hall–Kier alpha value is -1.20. The van der Waals surface area contributed by atoms with Gasteiger partial charge < -0.3 is 4.74 Å². The van der Waals surface area contributed by atoms with Gasteiger partial charge in [-0.3, -0.25) is 9.69 Å². The number of carbonyl (C=O) groups is 1. The van der Waals surface area contributed by atoms with Crippen LogP contribution in [0.3, 0.4) is 0 Å². The lowest BCUT2D eigenvalue weighted by Gasteiger charge is -2.29. The molecule has 1 aromatic rings. The van der Waals surface area contributed by atoms with Crippen LogP contribution in [0, 0.1) is 5.92 Å². The van der Waals surface area contributed by atoms with Gasteiger partial charge in [-0.05, 0) is 24.4 Å². The monoisotopic (exact) mass is 297 g/mol. The van der Waals surface area contributed by atoms with E-state index in [0.29, 0.717) is 18.3 Å². The van der Waals surface area contributed by atoms with Gasteiger partial charge in [-0.25, -0.2) is 9.97 Å². The summed E-state index contributed by atoms with van der Waals surface area (Å²) in [6, 6.07) is 0. The molecule has 0 N–H and O–H groups in total. The second-order valence-corrected chi connectivity index (χ2v) is 5.55. The van der Waals surface area contributed by atoms with E-state index in [2.05, 4.69) is 21.8 Å². The van der Waals surface area contributed by atoms with Crippen molar-refractivity contribution in [2.75, 3.05) is 19.7 Å². The average molecular weight is 298 g/mol. The van der Waals surface area contributed by atoms with Crippen molar-refractivity contribution in [2.24, 2.45) is 5.92 Å². The Bertz CT molecular complexity index is 481. The molecule has 20 heavy (non-hydrogen) atoms. The van der Waals surface area contributed by atoms with E-state index in [1.54, 1.807) is 6.20 Å².